The molecule has 4 nitrogen and oxygen atoms in total. The first kappa shape index (κ1) is 11.9. The van der Waals surface area contributed by atoms with E-state index >= 15 is 0 Å². The Morgan fingerprint density at radius 2 is 2.14 bits per heavy atom. The summed E-state index contributed by atoms with van der Waals surface area (Å²) in [7, 11) is 0. The summed E-state index contributed by atoms with van der Waals surface area (Å²) in [6, 6.07) is 0. The zero-order valence-corrected chi connectivity index (χ0v) is 9.04. The summed E-state index contributed by atoms with van der Waals surface area (Å²) >= 11 is 0. The van der Waals surface area contributed by atoms with Gasteiger partial charge in [-0.2, -0.15) is 0 Å². The lowest BCUT2D eigenvalue weighted by atomic mass is 10.3. The van der Waals surface area contributed by atoms with E-state index in [0.29, 0.717) is 6.61 Å². The number of ether oxygens (including phenoxy) is 1. The van der Waals surface area contributed by atoms with Crippen molar-refractivity contribution in [3.8, 4) is 0 Å². The van der Waals surface area contributed by atoms with Gasteiger partial charge in [0, 0.05) is 32.7 Å². The first-order chi connectivity index (χ1) is 6.83. The van der Waals surface area contributed by atoms with Gasteiger partial charge in [0.1, 0.15) is 0 Å². The van der Waals surface area contributed by atoms with Gasteiger partial charge in [0.15, 0.2) is 0 Å². The van der Waals surface area contributed by atoms with Crippen LogP contribution in [-0.2, 0) is 4.74 Å². The predicted octanol–water partition coefficient (Wildman–Crippen LogP) is -0.321. The number of piperazine rings is 1. The molecule has 1 atom stereocenters. The van der Waals surface area contributed by atoms with Gasteiger partial charge in [-0.05, 0) is 6.42 Å². The topological polar surface area (TPSA) is 44.7 Å². The Bertz CT molecular complexity index is 138. The predicted molar refractivity (Wildman–Crippen MR) is 56.4 cm³/mol. The maximum Gasteiger partial charge on any atom is 0.0771 e. The fourth-order valence-corrected chi connectivity index (χ4v) is 1.47. The van der Waals surface area contributed by atoms with Crippen LogP contribution in [0.1, 0.15) is 13.3 Å². The van der Waals surface area contributed by atoms with Gasteiger partial charge in [0.2, 0.25) is 0 Å². The Morgan fingerprint density at radius 1 is 1.43 bits per heavy atom. The van der Waals surface area contributed by atoms with Crippen LogP contribution in [0.4, 0.5) is 0 Å². The first-order valence-corrected chi connectivity index (χ1v) is 5.51. The van der Waals surface area contributed by atoms with Gasteiger partial charge < -0.3 is 15.2 Å². The third kappa shape index (κ3) is 4.91. The van der Waals surface area contributed by atoms with Crippen molar-refractivity contribution in [2.24, 2.45) is 0 Å². The van der Waals surface area contributed by atoms with E-state index in [9.17, 15) is 5.11 Å². The van der Waals surface area contributed by atoms with Gasteiger partial charge in [0.25, 0.3) is 0 Å². The third-order valence-electron chi connectivity index (χ3n) is 2.54. The van der Waals surface area contributed by atoms with Gasteiger partial charge in [0.05, 0.1) is 19.3 Å². The Morgan fingerprint density at radius 3 is 2.79 bits per heavy atom. The van der Waals surface area contributed by atoms with Gasteiger partial charge >= 0.3 is 0 Å². The number of nitrogens with zero attached hydrogens (tertiary/aromatic N) is 1. The van der Waals surface area contributed by atoms with Crippen LogP contribution in [0, 0.1) is 0 Å². The van der Waals surface area contributed by atoms with Crippen LogP contribution in [-0.4, -0.2) is 62.0 Å². The van der Waals surface area contributed by atoms with E-state index in [2.05, 4.69) is 10.2 Å². The quantitative estimate of drug-likeness (QED) is 0.579. The average molecular weight is 202 g/mol. The second-order valence-corrected chi connectivity index (χ2v) is 3.73. The van der Waals surface area contributed by atoms with E-state index in [1.54, 1.807) is 0 Å². The van der Waals surface area contributed by atoms with Crippen molar-refractivity contribution in [1.29, 1.82) is 0 Å². The Hall–Kier alpha value is -0.160. The molecule has 1 aliphatic heterocycles. The van der Waals surface area contributed by atoms with E-state index in [0.717, 1.165) is 45.8 Å². The molecule has 14 heavy (non-hydrogen) atoms. The number of aliphatic hydroxyl groups excluding tert-OH is 1. The monoisotopic (exact) mass is 202 g/mol. The van der Waals surface area contributed by atoms with Crippen LogP contribution in [0.3, 0.4) is 0 Å². The summed E-state index contributed by atoms with van der Waals surface area (Å²) in [5.41, 5.74) is 0. The summed E-state index contributed by atoms with van der Waals surface area (Å²) in [6.45, 7) is 8.54. The van der Waals surface area contributed by atoms with Crippen LogP contribution >= 0.6 is 0 Å². The van der Waals surface area contributed by atoms with E-state index in [1.807, 2.05) is 6.92 Å². The highest BCUT2D eigenvalue weighted by Gasteiger charge is 2.08. The third-order valence-corrected chi connectivity index (χ3v) is 2.54. The number of hydrogen-bond acceptors (Lipinski definition) is 4. The van der Waals surface area contributed by atoms with E-state index in [1.165, 1.54) is 0 Å². The van der Waals surface area contributed by atoms with Crippen LogP contribution in [0.25, 0.3) is 0 Å². The molecule has 0 spiro atoms. The Labute approximate surface area is 86.2 Å². The molecule has 1 unspecified atom stereocenters. The van der Waals surface area contributed by atoms with Gasteiger partial charge in [-0.1, -0.05) is 6.92 Å². The summed E-state index contributed by atoms with van der Waals surface area (Å²) in [6.07, 6.45) is 0.478. The van der Waals surface area contributed by atoms with Crippen molar-refractivity contribution < 1.29 is 9.84 Å². The zero-order valence-electron chi connectivity index (χ0n) is 9.04. The molecular formula is C10H22N2O2. The molecular weight excluding hydrogens is 180 g/mol. The lowest BCUT2D eigenvalue weighted by Crippen LogP contribution is -2.44. The molecule has 1 rings (SSSR count). The Kier molecular flexibility index (Phi) is 6.10. The standard InChI is InChI=1S/C10H22N2O2/c1-2-10(13)9-14-8-7-12-5-3-11-4-6-12/h10-11,13H,2-9H2,1H3. The minimum atomic E-state index is -0.293. The SMILES string of the molecule is CCC(O)COCCN1CCNCC1. The molecule has 0 amide bonds. The minimum absolute atomic E-state index is 0.293. The van der Waals surface area contributed by atoms with Gasteiger partial charge in [-0.3, -0.25) is 4.90 Å². The molecule has 84 valence electrons. The van der Waals surface area contributed by atoms with Crippen molar-refractivity contribution >= 4 is 0 Å². The molecule has 0 aromatic carbocycles. The highest BCUT2D eigenvalue weighted by Crippen LogP contribution is 1.94. The zero-order chi connectivity index (χ0) is 10.2. The van der Waals surface area contributed by atoms with Crippen molar-refractivity contribution in [2.45, 2.75) is 19.4 Å². The lowest BCUT2D eigenvalue weighted by Gasteiger charge is -2.27. The fraction of sp³-hybridized carbons (Fsp3) is 1.00. The highest BCUT2D eigenvalue weighted by atomic mass is 16.5. The van der Waals surface area contributed by atoms with Crippen LogP contribution in [0.5, 0.6) is 0 Å². The van der Waals surface area contributed by atoms with Crippen molar-refractivity contribution in [3.05, 3.63) is 0 Å². The summed E-state index contributed by atoms with van der Waals surface area (Å²) in [5.74, 6) is 0. The van der Waals surface area contributed by atoms with Crippen LogP contribution in [0.15, 0.2) is 0 Å². The van der Waals surface area contributed by atoms with Crippen LogP contribution < -0.4 is 5.32 Å². The number of rotatable bonds is 6. The second-order valence-electron chi connectivity index (χ2n) is 3.73. The lowest BCUT2D eigenvalue weighted by molar-refractivity contribution is 0.0246. The minimum Gasteiger partial charge on any atom is -0.391 e. The highest BCUT2D eigenvalue weighted by molar-refractivity contribution is 4.66. The maximum atomic E-state index is 9.25. The second kappa shape index (κ2) is 7.17. The number of aliphatic hydroxyl groups is 1. The number of nitrogens with one attached hydrogen (secondary N) is 1. The first-order valence-electron chi connectivity index (χ1n) is 5.51. The molecule has 0 aromatic rings. The molecule has 2 N–H and O–H groups in total. The average Bonchev–Trinajstić information content (AvgIpc) is 2.25. The fourth-order valence-electron chi connectivity index (χ4n) is 1.47. The van der Waals surface area contributed by atoms with Gasteiger partial charge in [-0.15, -0.1) is 0 Å². The summed E-state index contributed by atoms with van der Waals surface area (Å²) in [4.78, 5) is 2.38. The molecule has 0 radical (unpaired) electrons. The van der Waals surface area contributed by atoms with E-state index in [-0.39, 0.29) is 6.10 Å². The van der Waals surface area contributed by atoms with Crippen molar-refractivity contribution in [2.75, 3.05) is 45.9 Å². The molecule has 1 heterocycles. The molecule has 1 saturated heterocycles. The summed E-state index contributed by atoms with van der Waals surface area (Å²) in [5, 5.41) is 12.6. The van der Waals surface area contributed by atoms with Crippen LogP contribution in [0.2, 0.25) is 0 Å². The van der Waals surface area contributed by atoms with E-state index in [4.69, 9.17) is 4.74 Å². The molecule has 0 bridgehead atoms. The van der Waals surface area contributed by atoms with Crippen molar-refractivity contribution in [3.63, 3.8) is 0 Å². The number of hydrogen-bond donors (Lipinski definition) is 2. The Balaban J connectivity index is 1.92. The molecule has 0 aliphatic carbocycles. The molecule has 1 aliphatic rings. The maximum absolute atomic E-state index is 9.25. The molecule has 0 aromatic heterocycles. The largest absolute Gasteiger partial charge is 0.391 e. The molecule has 0 saturated carbocycles. The molecule has 4 heteroatoms. The van der Waals surface area contributed by atoms with E-state index < -0.39 is 0 Å². The van der Waals surface area contributed by atoms with Crippen molar-refractivity contribution in [1.82, 2.24) is 10.2 Å². The smallest absolute Gasteiger partial charge is 0.0771 e. The molecule has 1 fully saturated rings. The van der Waals surface area contributed by atoms with Gasteiger partial charge in [-0.25, -0.2) is 0 Å². The normalized spacial score (nSPS) is 21.0. The summed E-state index contributed by atoms with van der Waals surface area (Å²) < 4.78 is 5.38.